The molecule has 1 aliphatic rings. The van der Waals surface area contributed by atoms with Gasteiger partial charge >= 0.3 is 6.09 Å². The minimum Gasteiger partial charge on any atom is -0.433 e. The van der Waals surface area contributed by atoms with Crippen molar-refractivity contribution < 1.29 is 28.8 Å². The monoisotopic (exact) mass is 425 g/mol. The highest BCUT2D eigenvalue weighted by molar-refractivity contribution is 6.34. The number of nitro benzene ring substituents is 1. The number of anilines is 1. The van der Waals surface area contributed by atoms with Crippen molar-refractivity contribution in [1.82, 2.24) is 4.90 Å². The topological polar surface area (TPSA) is 136 Å². The van der Waals surface area contributed by atoms with Crippen LogP contribution in [0.3, 0.4) is 0 Å². The van der Waals surface area contributed by atoms with Crippen molar-refractivity contribution >= 4 is 46.7 Å². The van der Waals surface area contributed by atoms with Crippen molar-refractivity contribution in [2.24, 2.45) is 5.41 Å². The van der Waals surface area contributed by atoms with Crippen molar-refractivity contribution in [2.75, 3.05) is 5.32 Å². The van der Waals surface area contributed by atoms with Gasteiger partial charge in [-0.25, -0.2) is 9.69 Å². The molecule has 0 aliphatic carbocycles. The van der Waals surface area contributed by atoms with Crippen molar-refractivity contribution in [3.63, 3.8) is 0 Å². The maximum absolute atomic E-state index is 13.0. The average molecular weight is 426 g/mol. The standard InChI is InChI=1S/C18H20ClN3O7/c1-17(2,3)13(23)12(21-15(25)18(4,5)29-16(21)26)14(24)20-11-8-9(22(27)28)6-7-10(11)19/h6-8,12H,1-5H3,(H,20,24). The van der Waals surface area contributed by atoms with Crippen LogP contribution in [0.2, 0.25) is 5.02 Å². The molecular weight excluding hydrogens is 406 g/mol. The Balaban J connectivity index is 2.48. The van der Waals surface area contributed by atoms with E-state index < -0.39 is 45.7 Å². The van der Waals surface area contributed by atoms with Crippen molar-refractivity contribution in [3.05, 3.63) is 33.3 Å². The smallest absolute Gasteiger partial charge is 0.418 e. The number of non-ortho nitro benzene ring substituents is 1. The molecule has 0 radical (unpaired) electrons. The first-order chi connectivity index (χ1) is 13.2. The van der Waals surface area contributed by atoms with Gasteiger partial charge in [-0.1, -0.05) is 32.4 Å². The zero-order valence-electron chi connectivity index (χ0n) is 16.4. The molecule has 10 nitrogen and oxygen atoms in total. The first-order valence-corrected chi connectivity index (χ1v) is 8.90. The van der Waals surface area contributed by atoms with Crippen LogP contribution >= 0.6 is 11.6 Å². The van der Waals surface area contributed by atoms with Crippen LogP contribution in [-0.2, 0) is 19.1 Å². The second kappa shape index (κ2) is 7.43. The number of nitrogens with one attached hydrogen (secondary N) is 1. The summed E-state index contributed by atoms with van der Waals surface area (Å²) in [5.74, 6) is -2.62. The van der Waals surface area contributed by atoms with E-state index in [2.05, 4.69) is 5.32 Å². The van der Waals surface area contributed by atoms with Gasteiger partial charge in [0.05, 0.1) is 15.6 Å². The first kappa shape index (κ1) is 22.3. The summed E-state index contributed by atoms with van der Waals surface area (Å²) in [7, 11) is 0. The Hall–Kier alpha value is -3.01. The molecule has 1 heterocycles. The van der Waals surface area contributed by atoms with Crippen LogP contribution in [0, 0.1) is 15.5 Å². The van der Waals surface area contributed by atoms with Crippen molar-refractivity contribution in [2.45, 2.75) is 46.3 Å². The van der Waals surface area contributed by atoms with Crippen LogP contribution < -0.4 is 5.32 Å². The van der Waals surface area contributed by atoms with E-state index in [0.717, 1.165) is 12.1 Å². The van der Waals surface area contributed by atoms with E-state index in [9.17, 15) is 29.3 Å². The molecule has 1 unspecified atom stereocenters. The number of nitro groups is 1. The number of cyclic esters (lactones) is 1. The Morgan fingerprint density at radius 3 is 2.31 bits per heavy atom. The van der Waals surface area contributed by atoms with Gasteiger partial charge in [0.25, 0.3) is 17.5 Å². The molecule has 1 aromatic carbocycles. The summed E-state index contributed by atoms with van der Waals surface area (Å²) in [6.07, 6.45) is -1.14. The van der Waals surface area contributed by atoms with Crippen LogP contribution in [0.25, 0.3) is 0 Å². The van der Waals surface area contributed by atoms with Crippen LogP contribution in [0.15, 0.2) is 18.2 Å². The minimum atomic E-state index is -1.84. The molecule has 1 fully saturated rings. The highest BCUT2D eigenvalue weighted by Gasteiger charge is 2.55. The van der Waals surface area contributed by atoms with Crippen molar-refractivity contribution in [1.29, 1.82) is 0 Å². The Morgan fingerprint density at radius 1 is 1.28 bits per heavy atom. The van der Waals surface area contributed by atoms with Crippen molar-refractivity contribution in [3.8, 4) is 0 Å². The largest absolute Gasteiger partial charge is 0.433 e. The Kier molecular flexibility index (Phi) is 5.71. The van der Waals surface area contributed by atoms with Gasteiger partial charge in [0, 0.05) is 17.5 Å². The fourth-order valence-corrected chi connectivity index (χ4v) is 2.76. The lowest BCUT2D eigenvalue weighted by Gasteiger charge is -2.28. The van der Waals surface area contributed by atoms with Crippen LogP contribution in [0.1, 0.15) is 34.6 Å². The number of ether oxygens (including phenoxy) is 1. The summed E-state index contributed by atoms with van der Waals surface area (Å²) in [6.45, 7) is 7.23. The van der Waals surface area contributed by atoms with E-state index >= 15 is 0 Å². The second-order valence-electron chi connectivity index (χ2n) is 7.98. The molecule has 0 bridgehead atoms. The number of hydrogen-bond donors (Lipinski definition) is 1. The second-order valence-corrected chi connectivity index (χ2v) is 8.39. The van der Waals surface area contributed by atoms with Gasteiger partial charge in [-0.05, 0) is 19.9 Å². The number of rotatable bonds is 5. The van der Waals surface area contributed by atoms with Gasteiger partial charge < -0.3 is 10.1 Å². The van der Waals surface area contributed by atoms with Gasteiger partial charge in [0.2, 0.25) is 0 Å². The van der Waals surface area contributed by atoms with Gasteiger partial charge in [0.15, 0.2) is 17.4 Å². The lowest BCUT2D eigenvalue weighted by molar-refractivity contribution is -0.384. The van der Waals surface area contributed by atoms with Gasteiger partial charge in [-0.2, -0.15) is 0 Å². The number of imide groups is 1. The summed E-state index contributed by atoms with van der Waals surface area (Å²) < 4.78 is 4.98. The number of ketones is 1. The van der Waals surface area contributed by atoms with Gasteiger partial charge in [-0.15, -0.1) is 0 Å². The minimum absolute atomic E-state index is 0.0263. The SMILES string of the molecule is CC(C)(C)C(=O)C(C(=O)Nc1cc([N+](=O)[O-])ccc1Cl)N1C(=O)OC(C)(C)C1=O. The van der Waals surface area contributed by atoms with E-state index in [1.54, 1.807) is 0 Å². The zero-order valence-corrected chi connectivity index (χ0v) is 17.2. The number of Topliss-reactive ketones (excluding diaryl/α,β-unsaturated/α-hetero) is 1. The number of hydrogen-bond acceptors (Lipinski definition) is 7. The lowest BCUT2D eigenvalue weighted by atomic mass is 9.85. The van der Waals surface area contributed by atoms with Crippen LogP contribution in [-0.4, -0.2) is 45.2 Å². The Bertz CT molecular complexity index is 921. The van der Waals surface area contributed by atoms with Crippen LogP contribution in [0.5, 0.6) is 0 Å². The molecule has 1 aromatic rings. The Labute approximate surface area is 171 Å². The predicted molar refractivity (Wildman–Crippen MR) is 102 cm³/mol. The molecule has 1 atom stereocenters. The summed E-state index contributed by atoms with van der Waals surface area (Å²) >= 11 is 5.99. The molecule has 3 amide bonds. The molecule has 2 rings (SSSR count). The molecule has 0 aromatic heterocycles. The third-order valence-electron chi connectivity index (χ3n) is 4.19. The number of benzene rings is 1. The third kappa shape index (κ3) is 4.37. The number of carbonyl (C=O) groups excluding carboxylic acids is 4. The summed E-state index contributed by atoms with van der Waals surface area (Å²) in [4.78, 5) is 61.5. The number of halogens is 1. The number of nitrogens with zero attached hydrogens (tertiary/aromatic N) is 2. The first-order valence-electron chi connectivity index (χ1n) is 8.52. The molecule has 11 heteroatoms. The molecule has 1 saturated heterocycles. The molecule has 1 N–H and O–H groups in total. The summed E-state index contributed by atoms with van der Waals surface area (Å²) in [5, 5.41) is 13.3. The summed E-state index contributed by atoms with van der Waals surface area (Å²) in [6, 6.07) is 1.51. The quantitative estimate of drug-likeness (QED) is 0.435. The van der Waals surface area contributed by atoms with E-state index in [0.29, 0.717) is 4.90 Å². The number of amides is 3. The molecule has 1 aliphatic heterocycles. The van der Waals surface area contributed by atoms with Gasteiger partial charge in [0.1, 0.15) is 0 Å². The molecule has 0 spiro atoms. The summed E-state index contributed by atoms with van der Waals surface area (Å²) in [5.41, 5.74) is -3.13. The zero-order chi connectivity index (χ0) is 22.3. The number of carbonyl (C=O) groups is 4. The fraction of sp³-hybridized carbons (Fsp3) is 0.444. The molecule has 156 valence electrons. The van der Waals surface area contributed by atoms with E-state index in [4.69, 9.17) is 16.3 Å². The van der Waals surface area contributed by atoms with E-state index in [1.807, 2.05) is 0 Å². The van der Waals surface area contributed by atoms with Gasteiger partial charge in [-0.3, -0.25) is 24.5 Å². The van der Waals surface area contributed by atoms with Crippen LogP contribution in [0.4, 0.5) is 16.2 Å². The Morgan fingerprint density at radius 2 is 1.86 bits per heavy atom. The maximum Gasteiger partial charge on any atom is 0.418 e. The van der Waals surface area contributed by atoms with E-state index in [-0.39, 0.29) is 16.4 Å². The average Bonchev–Trinajstić information content (AvgIpc) is 2.77. The third-order valence-corrected chi connectivity index (χ3v) is 4.52. The van der Waals surface area contributed by atoms with E-state index in [1.165, 1.54) is 40.7 Å². The normalized spacial score (nSPS) is 17.0. The molecular formula is C18H20ClN3O7. The fourth-order valence-electron chi connectivity index (χ4n) is 2.59. The molecule has 0 saturated carbocycles. The predicted octanol–water partition coefficient (Wildman–Crippen LogP) is 2.93. The highest BCUT2D eigenvalue weighted by atomic mass is 35.5. The highest BCUT2D eigenvalue weighted by Crippen LogP contribution is 2.31. The maximum atomic E-state index is 13.0. The lowest BCUT2D eigenvalue weighted by Crippen LogP contribution is -2.55. The molecule has 29 heavy (non-hydrogen) atoms.